The summed E-state index contributed by atoms with van der Waals surface area (Å²) in [6.45, 7) is 5.35. The molecule has 2 fully saturated rings. The van der Waals surface area contributed by atoms with Gasteiger partial charge in [0, 0.05) is 18.2 Å². The van der Waals surface area contributed by atoms with E-state index < -0.39 is 0 Å². The van der Waals surface area contributed by atoms with E-state index in [0.717, 1.165) is 25.9 Å². The summed E-state index contributed by atoms with van der Waals surface area (Å²) >= 11 is 0. The summed E-state index contributed by atoms with van der Waals surface area (Å²) in [6.07, 6.45) is 9.64. The molecule has 1 spiro atoms. The van der Waals surface area contributed by atoms with Crippen LogP contribution in [0, 0.1) is 0 Å². The molecule has 1 saturated heterocycles. The number of hydrogen-bond acceptors (Lipinski definition) is 3. The van der Waals surface area contributed by atoms with Crippen LogP contribution in [0.2, 0.25) is 0 Å². The number of nitrogens with one attached hydrogen (secondary N) is 1. The lowest BCUT2D eigenvalue weighted by atomic mass is 9.77. The second-order valence-electron chi connectivity index (χ2n) is 6.50. The third-order valence-electron chi connectivity index (χ3n) is 4.94. The molecule has 1 aliphatic carbocycles. The van der Waals surface area contributed by atoms with Gasteiger partial charge in [-0.1, -0.05) is 26.2 Å². The Labute approximate surface area is 111 Å². The van der Waals surface area contributed by atoms with Crippen molar-refractivity contribution in [1.82, 2.24) is 5.32 Å². The van der Waals surface area contributed by atoms with Gasteiger partial charge < -0.3 is 15.2 Å². The van der Waals surface area contributed by atoms with Gasteiger partial charge in [-0.3, -0.25) is 0 Å². The summed E-state index contributed by atoms with van der Waals surface area (Å²) in [7, 11) is 0. The largest absolute Gasteiger partial charge is 0.394 e. The predicted molar refractivity (Wildman–Crippen MR) is 73.7 cm³/mol. The van der Waals surface area contributed by atoms with Crippen molar-refractivity contribution in [3.05, 3.63) is 0 Å². The van der Waals surface area contributed by atoms with Crippen LogP contribution in [0.1, 0.15) is 65.2 Å². The molecule has 2 unspecified atom stereocenters. The minimum Gasteiger partial charge on any atom is -0.394 e. The maximum Gasteiger partial charge on any atom is 0.0697 e. The molecule has 106 valence electrons. The van der Waals surface area contributed by atoms with E-state index in [1.165, 1.54) is 32.1 Å². The van der Waals surface area contributed by atoms with Crippen LogP contribution in [0.25, 0.3) is 0 Å². The summed E-state index contributed by atoms with van der Waals surface area (Å²) in [5.41, 5.74) is 0.0239. The lowest BCUT2D eigenvalue weighted by molar-refractivity contribution is -0.112. The van der Waals surface area contributed by atoms with Gasteiger partial charge in [0.15, 0.2) is 0 Å². The van der Waals surface area contributed by atoms with Crippen LogP contribution in [0.3, 0.4) is 0 Å². The third-order valence-corrected chi connectivity index (χ3v) is 4.94. The topological polar surface area (TPSA) is 41.5 Å². The Morgan fingerprint density at radius 1 is 1.33 bits per heavy atom. The lowest BCUT2D eigenvalue weighted by Gasteiger charge is -2.46. The van der Waals surface area contributed by atoms with Crippen molar-refractivity contribution >= 4 is 0 Å². The molecule has 2 aliphatic rings. The molecular formula is C15H29NO2. The Kier molecular flexibility index (Phi) is 4.68. The second-order valence-corrected chi connectivity index (χ2v) is 6.50. The quantitative estimate of drug-likeness (QED) is 0.811. The summed E-state index contributed by atoms with van der Waals surface area (Å²) in [5.74, 6) is 0. The van der Waals surface area contributed by atoms with Gasteiger partial charge >= 0.3 is 0 Å². The van der Waals surface area contributed by atoms with Crippen molar-refractivity contribution in [2.24, 2.45) is 0 Å². The van der Waals surface area contributed by atoms with Crippen LogP contribution in [-0.4, -0.2) is 35.5 Å². The Balaban J connectivity index is 1.94. The van der Waals surface area contributed by atoms with E-state index in [2.05, 4.69) is 19.2 Å². The van der Waals surface area contributed by atoms with Crippen LogP contribution < -0.4 is 5.32 Å². The molecule has 0 aromatic heterocycles. The second kappa shape index (κ2) is 5.89. The molecule has 0 aromatic carbocycles. The molecule has 0 aromatic rings. The average molecular weight is 255 g/mol. The third kappa shape index (κ3) is 3.25. The fourth-order valence-corrected chi connectivity index (χ4v) is 3.45. The van der Waals surface area contributed by atoms with Crippen molar-refractivity contribution < 1.29 is 9.84 Å². The summed E-state index contributed by atoms with van der Waals surface area (Å²) in [6, 6.07) is 0.508. The fraction of sp³-hybridized carbons (Fsp3) is 1.00. The summed E-state index contributed by atoms with van der Waals surface area (Å²) in [5, 5.41) is 13.2. The predicted octanol–water partition coefficient (Wildman–Crippen LogP) is 2.62. The fourth-order valence-electron chi connectivity index (χ4n) is 3.45. The molecule has 2 atom stereocenters. The smallest absolute Gasteiger partial charge is 0.0697 e. The molecule has 3 nitrogen and oxygen atoms in total. The van der Waals surface area contributed by atoms with Gasteiger partial charge in [-0.25, -0.2) is 0 Å². The highest BCUT2D eigenvalue weighted by Crippen LogP contribution is 2.38. The number of aliphatic hydroxyl groups excluding tert-OH is 1. The minimum absolute atomic E-state index is 0.127. The molecule has 2 rings (SSSR count). The van der Waals surface area contributed by atoms with Gasteiger partial charge in [-0.2, -0.15) is 0 Å². The van der Waals surface area contributed by atoms with Gasteiger partial charge in [0.2, 0.25) is 0 Å². The van der Waals surface area contributed by atoms with Crippen LogP contribution in [-0.2, 0) is 4.74 Å². The first-order valence-electron chi connectivity index (χ1n) is 7.64. The first-order chi connectivity index (χ1) is 8.61. The zero-order chi connectivity index (χ0) is 13.1. The lowest BCUT2D eigenvalue weighted by Crippen LogP contribution is -2.56. The van der Waals surface area contributed by atoms with E-state index in [9.17, 15) is 5.11 Å². The molecule has 1 heterocycles. The average Bonchev–Trinajstić information content (AvgIpc) is 2.39. The molecule has 3 heteroatoms. The minimum atomic E-state index is -0.127. The molecule has 18 heavy (non-hydrogen) atoms. The molecule has 1 aliphatic heterocycles. The summed E-state index contributed by atoms with van der Waals surface area (Å²) in [4.78, 5) is 0. The highest BCUT2D eigenvalue weighted by molar-refractivity contribution is 4.95. The van der Waals surface area contributed by atoms with Crippen molar-refractivity contribution in [2.45, 2.75) is 82.4 Å². The number of aliphatic hydroxyl groups is 1. The normalized spacial score (nSPS) is 31.2. The Hall–Kier alpha value is -0.120. The Morgan fingerprint density at radius 3 is 2.67 bits per heavy atom. The van der Waals surface area contributed by atoms with E-state index in [4.69, 9.17) is 4.74 Å². The van der Waals surface area contributed by atoms with E-state index in [1.807, 2.05) is 0 Å². The first-order valence-corrected chi connectivity index (χ1v) is 7.64. The zero-order valence-electron chi connectivity index (χ0n) is 12.0. The summed E-state index contributed by atoms with van der Waals surface area (Å²) < 4.78 is 6.12. The standard InChI is InChI=1S/C15H29NO2/c1-3-14(2,12-17)16-13-7-10-18-15(11-13)8-5-4-6-9-15/h13,16-17H,3-12H2,1-2H3. The number of ether oxygens (including phenoxy) is 1. The Bertz CT molecular complexity index is 252. The number of hydrogen-bond donors (Lipinski definition) is 2. The van der Waals surface area contributed by atoms with Crippen LogP contribution >= 0.6 is 0 Å². The van der Waals surface area contributed by atoms with Gasteiger partial charge in [0.25, 0.3) is 0 Å². The van der Waals surface area contributed by atoms with Crippen LogP contribution in [0.4, 0.5) is 0 Å². The van der Waals surface area contributed by atoms with Crippen molar-refractivity contribution in [2.75, 3.05) is 13.2 Å². The van der Waals surface area contributed by atoms with E-state index in [-0.39, 0.29) is 17.7 Å². The van der Waals surface area contributed by atoms with Gasteiger partial charge in [-0.15, -0.1) is 0 Å². The molecule has 0 radical (unpaired) electrons. The monoisotopic (exact) mass is 255 g/mol. The van der Waals surface area contributed by atoms with Gasteiger partial charge in [0.05, 0.1) is 12.2 Å². The van der Waals surface area contributed by atoms with E-state index >= 15 is 0 Å². The van der Waals surface area contributed by atoms with Crippen molar-refractivity contribution in [1.29, 1.82) is 0 Å². The number of rotatable bonds is 4. The van der Waals surface area contributed by atoms with E-state index in [0.29, 0.717) is 6.04 Å². The van der Waals surface area contributed by atoms with Gasteiger partial charge in [-0.05, 0) is 39.0 Å². The van der Waals surface area contributed by atoms with Crippen LogP contribution in [0.15, 0.2) is 0 Å². The highest BCUT2D eigenvalue weighted by Gasteiger charge is 2.39. The maximum atomic E-state index is 9.52. The molecule has 1 saturated carbocycles. The molecular weight excluding hydrogens is 226 g/mol. The Morgan fingerprint density at radius 2 is 2.06 bits per heavy atom. The SMILES string of the molecule is CCC(C)(CO)NC1CCOC2(CCCCC2)C1. The van der Waals surface area contributed by atoms with Gasteiger partial charge in [0.1, 0.15) is 0 Å². The molecule has 0 amide bonds. The molecule has 0 bridgehead atoms. The van der Waals surface area contributed by atoms with Crippen LogP contribution in [0.5, 0.6) is 0 Å². The maximum absolute atomic E-state index is 9.52. The van der Waals surface area contributed by atoms with Crippen molar-refractivity contribution in [3.63, 3.8) is 0 Å². The zero-order valence-corrected chi connectivity index (χ0v) is 12.0. The van der Waals surface area contributed by atoms with E-state index in [1.54, 1.807) is 0 Å². The molecule has 2 N–H and O–H groups in total. The highest BCUT2D eigenvalue weighted by atomic mass is 16.5. The first kappa shape index (κ1) is 14.3. The van der Waals surface area contributed by atoms with Crippen molar-refractivity contribution in [3.8, 4) is 0 Å².